The molecule has 6 N–H and O–H groups in total. The third-order valence-corrected chi connectivity index (χ3v) is 4.48. The first-order valence-corrected chi connectivity index (χ1v) is 8.96. The van der Waals surface area contributed by atoms with E-state index in [-0.39, 0.29) is 11.6 Å². The molecular formula is C19H23N3O7. The molecule has 1 aliphatic heterocycles. The second kappa shape index (κ2) is 9.16. The number of amides is 1. The predicted molar refractivity (Wildman–Crippen MR) is 102 cm³/mol. The Bertz CT molecular complexity index is 831. The zero-order chi connectivity index (χ0) is 21.0. The molecule has 0 saturated carbocycles. The van der Waals surface area contributed by atoms with Gasteiger partial charge in [-0.05, 0) is 30.3 Å². The van der Waals surface area contributed by atoms with Gasteiger partial charge in [-0.3, -0.25) is 9.78 Å². The number of aromatic nitrogens is 1. The van der Waals surface area contributed by atoms with E-state index in [1.54, 1.807) is 30.3 Å². The summed E-state index contributed by atoms with van der Waals surface area (Å²) >= 11 is 0. The standard InChI is InChI=1S/C19H23N3O7/c1-20-18(27)13-8-12(6-7-21-13)28-11-4-2-10(3-5-11)22-19-17(26)16(25)15(24)14(9-23)29-19/h2-8,14-17,19,22-26H,9H2,1H3,(H,20,27)/t14-,15-,16+,17-,19-/m1/s1. The third-order valence-electron chi connectivity index (χ3n) is 4.48. The summed E-state index contributed by atoms with van der Waals surface area (Å²) in [6, 6.07) is 9.78. The van der Waals surface area contributed by atoms with Crippen LogP contribution in [0, 0.1) is 0 Å². The first-order chi connectivity index (χ1) is 13.9. The lowest BCUT2D eigenvalue weighted by Gasteiger charge is -2.40. The molecule has 2 aromatic rings. The number of pyridine rings is 1. The molecule has 0 bridgehead atoms. The minimum atomic E-state index is -1.46. The molecule has 5 atom stereocenters. The maximum absolute atomic E-state index is 11.6. The number of aliphatic hydroxyl groups excluding tert-OH is 4. The summed E-state index contributed by atoms with van der Waals surface area (Å²) in [5.74, 6) is 0.612. The van der Waals surface area contributed by atoms with Crippen LogP contribution in [-0.4, -0.2) is 75.6 Å². The van der Waals surface area contributed by atoms with Crippen LogP contribution in [0.2, 0.25) is 0 Å². The Hall–Kier alpha value is -2.76. The zero-order valence-electron chi connectivity index (χ0n) is 15.6. The second-order valence-electron chi connectivity index (χ2n) is 6.48. The minimum Gasteiger partial charge on any atom is -0.457 e. The number of benzene rings is 1. The molecule has 10 heteroatoms. The number of ether oxygens (including phenoxy) is 2. The van der Waals surface area contributed by atoms with E-state index < -0.39 is 37.3 Å². The Morgan fingerprint density at radius 2 is 1.83 bits per heavy atom. The van der Waals surface area contributed by atoms with Crippen molar-refractivity contribution in [3.8, 4) is 11.5 Å². The summed E-state index contributed by atoms with van der Waals surface area (Å²) in [6.07, 6.45) is -4.80. The van der Waals surface area contributed by atoms with Crippen molar-refractivity contribution >= 4 is 11.6 Å². The van der Waals surface area contributed by atoms with Crippen molar-refractivity contribution in [1.82, 2.24) is 10.3 Å². The maximum atomic E-state index is 11.6. The van der Waals surface area contributed by atoms with Crippen molar-refractivity contribution in [2.75, 3.05) is 19.0 Å². The van der Waals surface area contributed by atoms with Gasteiger partial charge in [0.05, 0.1) is 6.61 Å². The van der Waals surface area contributed by atoms with E-state index in [2.05, 4.69) is 15.6 Å². The van der Waals surface area contributed by atoms with Crippen molar-refractivity contribution in [1.29, 1.82) is 0 Å². The van der Waals surface area contributed by atoms with Crippen LogP contribution in [-0.2, 0) is 4.74 Å². The number of nitrogens with one attached hydrogen (secondary N) is 2. The van der Waals surface area contributed by atoms with Crippen LogP contribution in [0.4, 0.5) is 5.69 Å². The number of aliphatic hydroxyl groups is 4. The molecule has 1 aromatic carbocycles. The van der Waals surface area contributed by atoms with Gasteiger partial charge in [-0.2, -0.15) is 0 Å². The molecule has 0 spiro atoms. The fourth-order valence-electron chi connectivity index (χ4n) is 2.87. The molecule has 1 fully saturated rings. The van der Waals surface area contributed by atoms with Gasteiger partial charge < -0.3 is 40.5 Å². The average Bonchev–Trinajstić information content (AvgIpc) is 2.75. The first kappa shape index (κ1) is 21.0. The van der Waals surface area contributed by atoms with E-state index in [9.17, 15) is 25.2 Å². The second-order valence-corrected chi connectivity index (χ2v) is 6.48. The van der Waals surface area contributed by atoms with E-state index in [0.717, 1.165) is 0 Å². The molecule has 29 heavy (non-hydrogen) atoms. The fraction of sp³-hybridized carbons (Fsp3) is 0.368. The molecular weight excluding hydrogens is 382 g/mol. The van der Waals surface area contributed by atoms with Gasteiger partial charge in [-0.25, -0.2) is 0 Å². The van der Waals surface area contributed by atoms with Crippen LogP contribution in [0.25, 0.3) is 0 Å². The van der Waals surface area contributed by atoms with E-state index in [0.29, 0.717) is 17.2 Å². The number of nitrogens with zero attached hydrogens (tertiary/aromatic N) is 1. The Morgan fingerprint density at radius 1 is 1.10 bits per heavy atom. The number of carbonyl (C=O) groups excluding carboxylic acids is 1. The van der Waals surface area contributed by atoms with Crippen LogP contribution >= 0.6 is 0 Å². The van der Waals surface area contributed by atoms with Gasteiger partial charge in [0.2, 0.25) is 0 Å². The Kier molecular flexibility index (Phi) is 6.62. The summed E-state index contributed by atoms with van der Waals surface area (Å²) in [5, 5.41) is 44.4. The van der Waals surface area contributed by atoms with Gasteiger partial charge in [-0.1, -0.05) is 0 Å². The van der Waals surface area contributed by atoms with Crippen molar-refractivity contribution < 1.29 is 34.7 Å². The fourth-order valence-corrected chi connectivity index (χ4v) is 2.87. The first-order valence-electron chi connectivity index (χ1n) is 8.96. The topological polar surface area (TPSA) is 153 Å². The summed E-state index contributed by atoms with van der Waals surface area (Å²) < 4.78 is 11.1. The molecule has 10 nitrogen and oxygen atoms in total. The summed E-state index contributed by atoms with van der Waals surface area (Å²) in [5.41, 5.74) is 0.786. The lowest BCUT2D eigenvalue weighted by Crippen LogP contribution is -2.60. The van der Waals surface area contributed by atoms with E-state index in [4.69, 9.17) is 9.47 Å². The van der Waals surface area contributed by atoms with Gasteiger partial charge in [0.1, 0.15) is 41.6 Å². The zero-order valence-corrected chi connectivity index (χ0v) is 15.6. The lowest BCUT2D eigenvalue weighted by molar-refractivity contribution is -0.221. The molecule has 1 aliphatic rings. The molecule has 0 unspecified atom stereocenters. The van der Waals surface area contributed by atoms with Crippen molar-refractivity contribution in [3.63, 3.8) is 0 Å². The molecule has 3 rings (SSSR count). The molecule has 1 aromatic heterocycles. The van der Waals surface area contributed by atoms with E-state index >= 15 is 0 Å². The number of hydrogen-bond donors (Lipinski definition) is 6. The molecule has 0 aliphatic carbocycles. The minimum absolute atomic E-state index is 0.228. The highest BCUT2D eigenvalue weighted by atomic mass is 16.6. The Morgan fingerprint density at radius 3 is 2.48 bits per heavy atom. The quantitative estimate of drug-likeness (QED) is 0.371. The Labute approximate surface area is 166 Å². The highest BCUT2D eigenvalue weighted by Gasteiger charge is 2.43. The summed E-state index contributed by atoms with van der Waals surface area (Å²) in [6.45, 7) is -0.500. The largest absolute Gasteiger partial charge is 0.457 e. The SMILES string of the molecule is CNC(=O)c1cc(Oc2ccc(N[C@@H]3O[C@H](CO)[C@@H](O)[C@H](O)[C@H]3O)cc2)ccn1. The summed E-state index contributed by atoms with van der Waals surface area (Å²) in [7, 11) is 1.51. The average molecular weight is 405 g/mol. The number of rotatable bonds is 6. The number of hydrogen-bond acceptors (Lipinski definition) is 9. The van der Waals surface area contributed by atoms with Gasteiger partial charge in [0.25, 0.3) is 5.91 Å². The van der Waals surface area contributed by atoms with Crippen LogP contribution in [0.3, 0.4) is 0 Å². The van der Waals surface area contributed by atoms with Crippen molar-refractivity contribution in [2.24, 2.45) is 0 Å². The summed E-state index contributed by atoms with van der Waals surface area (Å²) in [4.78, 5) is 15.6. The predicted octanol–water partition coefficient (Wildman–Crippen LogP) is -0.555. The molecule has 1 saturated heterocycles. The van der Waals surface area contributed by atoms with Gasteiger partial charge >= 0.3 is 0 Å². The number of anilines is 1. The van der Waals surface area contributed by atoms with Crippen LogP contribution < -0.4 is 15.4 Å². The van der Waals surface area contributed by atoms with Gasteiger partial charge in [0.15, 0.2) is 6.23 Å². The highest BCUT2D eigenvalue weighted by molar-refractivity contribution is 5.92. The van der Waals surface area contributed by atoms with Gasteiger partial charge in [-0.15, -0.1) is 0 Å². The molecule has 156 valence electrons. The number of carbonyl (C=O) groups is 1. The normalized spacial score (nSPS) is 26.6. The molecule has 2 heterocycles. The van der Waals surface area contributed by atoms with Crippen molar-refractivity contribution in [3.05, 3.63) is 48.3 Å². The van der Waals surface area contributed by atoms with Crippen molar-refractivity contribution in [2.45, 2.75) is 30.6 Å². The molecule has 0 radical (unpaired) electrons. The Balaban J connectivity index is 1.65. The van der Waals surface area contributed by atoms with Crippen LogP contribution in [0.1, 0.15) is 10.5 Å². The van der Waals surface area contributed by atoms with Crippen LogP contribution in [0.15, 0.2) is 42.6 Å². The van der Waals surface area contributed by atoms with E-state index in [1.165, 1.54) is 19.3 Å². The third kappa shape index (κ3) is 4.81. The monoisotopic (exact) mass is 405 g/mol. The van der Waals surface area contributed by atoms with Crippen LogP contribution in [0.5, 0.6) is 11.5 Å². The lowest BCUT2D eigenvalue weighted by atomic mass is 9.98. The maximum Gasteiger partial charge on any atom is 0.269 e. The molecule has 1 amide bonds. The highest BCUT2D eigenvalue weighted by Crippen LogP contribution is 2.26. The smallest absolute Gasteiger partial charge is 0.269 e. The van der Waals surface area contributed by atoms with Gasteiger partial charge in [0, 0.05) is 25.0 Å². The van der Waals surface area contributed by atoms with E-state index in [1.807, 2.05) is 0 Å².